The smallest absolute Gasteiger partial charge is 0.0366 e. The minimum absolute atomic E-state index is 1.21. The number of para-hydroxylation sites is 1. The molecular weight excluding hydrogens is 254 g/mol. The third-order valence-corrected chi connectivity index (χ3v) is 4.18. The molecule has 0 unspecified atom stereocenters. The molecule has 0 amide bonds. The molecule has 0 aliphatic rings. The second kappa shape index (κ2) is 12.7. The zero-order chi connectivity index (χ0) is 15.2. The second-order valence-electron chi connectivity index (χ2n) is 6.15. The van der Waals surface area contributed by atoms with Gasteiger partial charge in [0, 0.05) is 18.8 Å². The summed E-state index contributed by atoms with van der Waals surface area (Å²) in [4.78, 5) is 2.57. The van der Waals surface area contributed by atoms with E-state index in [9.17, 15) is 0 Å². The van der Waals surface area contributed by atoms with Gasteiger partial charge in [-0.1, -0.05) is 83.4 Å². The van der Waals surface area contributed by atoms with E-state index >= 15 is 0 Å². The van der Waals surface area contributed by atoms with E-state index in [-0.39, 0.29) is 0 Å². The summed E-state index contributed by atoms with van der Waals surface area (Å²) in [6.07, 6.45) is 13.8. The predicted octanol–water partition coefficient (Wildman–Crippen LogP) is 6.43. The fourth-order valence-electron chi connectivity index (χ4n) is 2.79. The molecule has 1 aromatic carbocycles. The highest BCUT2D eigenvalue weighted by Gasteiger charge is 2.04. The Labute approximate surface area is 132 Å². The van der Waals surface area contributed by atoms with Crippen LogP contribution in [0.1, 0.15) is 78.1 Å². The lowest BCUT2D eigenvalue weighted by atomic mass is 10.1. The fraction of sp³-hybridized carbons (Fsp3) is 0.700. The van der Waals surface area contributed by atoms with Gasteiger partial charge in [-0.3, -0.25) is 0 Å². The van der Waals surface area contributed by atoms with Gasteiger partial charge in [-0.2, -0.15) is 0 Å². The average Bonchev–Trinajstić information content (AvgIpc) is 2.53. The van der Waals surface area contributed by atoms with Crippen molar-refractivity contribution in [3.8, 4) is 0 Å². The van der Waals surface area contributed by atoms with Gasteiger partial charge in [-0.25, -0.2) is 0 Å². The number of hydrogen-bond acceptors (Lipinski definition) is 1. The van der Waals surface area contributed by atoms with Crippen molar-refractivity contribution in [2.75, 3.05) is 18.0 Å². The zero-order valence-corrected chi connectivity index (χ0v) is 14.3. The number of hydrogen-bond donors (Lipinski definition) is 0. The lowest BCUT2D eigenvalue weighted by molar-refractivity contribution is 0.569. The molecular formula is C20H35N. The van der Waals surface area contributed by atoms with Crippen molar-refractivity contribution in [3.63, 3.8) is 0 Å². The van der Waals surface area contributed by atoms with E-state index in [4.69, 9.17) is 0 Å². The van der Waals surface area contributed by atoms with Crippen molar-refractivity contribution in [1.82, 2.24) is 0 Å². The Morgan fingerprint density at radius 2 is 1.14 bits per heavy atom. The van der Waals surface area contributed by atoms with Crippen molar-refractivity contribution in [1.29, 1.82) is 0 Å². The first kappa shape index (κ1) is 18.1. The Morgan fingerprint density at radius 3 is 1.76 bits per heavy atom. The van der Waals surface area contributed by atoms with Crippen molar-refractivity contribution in [2.45, 2.75) is 78.1 Å². The number of rotatable bonds is 13. The van der Waals surface area contributed by atoms with Crippen LogP contribution in [0.15, 0.2) is 30.3 Å². The van der Waals surface area contributed by atoms with Gasteiger partial charge >= 0.3 is 0 Å². The number of unbranched alkanes of at least 4 members (excludes halogenated alkanes) is 8. The van der Waals surface area contributed by atoms with Crippen LogP contribution in [-0.2, 0) is 0 Å². The Morgan fingerprint density at radius 1 is 0.619 bits per heavy atom. The van der Waals surface area contributed by atoms with E-state index in [2.05, 4.69) is 49.1 Å². The molecule has 1 nitrogen and oxygen atoms in total. The average molecular weight is 290 g/mol. The maximum Gasteiger partial charge on any atom is 0.0366 e. The van der Waals surface area contributed by atoms with E-state index in [1.165, 1.54) is 83.0 Å². The summed E-state index contributed by atoms with van der Waals surface area (Å²) in [6.45, 7) is 6.99. The van der Waals surface area contributed by atoms with Crippen LogP contribution >= 0.6 is 0 Å². The van der Waals surface area contributed by atoms with Gasteiger partial charge < -0.3 is 4.90 Å². The third-order valence-electron chi connectivity index (χ3n) is 4.18. The van der Waals surface area contributed by atoms with E-state index in [1.807, 2.05) is 0 Å². The Kier molecular flexibility index (Phi) is 11.0. The highest BCUT2D eigenvalue weighted by molar-refractivity contribution is 5.45. The summed E-state index contributed by atoms with van der Waals surface area (Å²) in [7, 11) is 0. The van der Waals surface area contributed by atoms with Gasteiger partial charge in [0.15, 0.2) is 0 Å². The molecule has 1 aromatic rings. The van der Waals surface area contributed by atoms with Gasteiger partial charge in [0.05, 0.1) is 0 Å². The maximum atomic E-state index is 2.57. The quantitative estimate of drug-likeness (QED) is 0.378. The molecule has 0 aliphatic carbocycles. The van der Waals surface area contributed by atoms with E-state index in [0.29, 0.717) is 0 Å². The van der Waals surface area contributed by atoms with Gasteiger partial charge in [-0.15, -0.1) is 0 Å². The summed E-state index contributed by atoms with van der Waals surface area (Å²) in [5, 5.41) is 0. The molecule has 0 aliphatic heterocycles. The molecule has 0 saturated carbocycles. The summed E-state index contributed by atoms with van der Waals surface area (Å²) in [5.41, 5.74) is 1.40. The van der Waals surface area contributed by atoms with E-state index < -0.39 is 0 Å². The summed E-state index contributed by atoms with van der Waals surface area (Å²) in [6, 6.07) is 10.9. The summed E-state index contributed by atoms with van der Waals surface area (Å²) >= 11 is 0. The number of benzene rings is 1. The van der Waals surface area contributed by atoms with Crippen LogP contribution in [0, 0.1) is 0 Å². The molecule has 1 rings (SSSR count). The van der Waals surface area contributed by atoms with Crippen molar-refractivity contribution < 1.29 is 0 Å². The van der Waals surface area contributed by atoms with Gasteiger partial charge in [0.2, 0.25) is 0 Å². The highest BCUT2D eigenvalue weighted by atomic mass is 15.1. The zero-order valence-electron chi connectivity index (χ0n) is 14.3. The first-order chi connectivity index (χ1) is 10.4. The monoisotopic (exact) mass is 289 g/mol. The molecule has 0 fully saturated rings. The molecule has 0 radical (unpaired) electrons. The first-order valence-corrected chi connectivity index (χ1v) is 9.18. The molecule has 0 atom stereocenters. The van der Waals surface area contributed by atoms with Crippen molar-refractivity contribution in [2.24, 2.45) is 0 Å². The van der Waals surface area contributed by atoms with Gasteiger partial charge in [0.1, 0.15) is 0 Å². The summed E-state index contributed by atoms with van der Waals surface area (Å²) in [5.74, 6) is 0. The van der Waals surface area contributed by atoms with Crippen LogP contribution in [0.2, 0.25) is 0 Å². The van der Waals surface area contributed by atoms with E-state index in [0.717, 1.165) is 0 Å². The lowest BCUT2D eigenvalue weighted by Gasteiger charge is -2.24. The van der Waals surface area contributed by atoms with Crippen LogP contribution in [0.4, 0.5) is 5.69 Å². The molecule has 0 saturated heterocycles. The van der Waals surface area contributed by atoms with Crippen LogP contribution in [-0.4, -0.2) is 13.1 Å². The molecule has 1 heteroatoms. The Balaban J connectivity index is 2.18. The topological polar surface area (TPSA) is 3.24 Å². The predicted molar refractivity (Wildman–Crippen MR) is 96.2 cm³/mol. The third kappa shape index (κ3) is 8.80. The Bertz CT molecular complexity index is 320. The fourth-order valence-corrected chi connectivity index (χ4v) is 2.79. The molecule has 21 heavy (non-hydrogen) atoms. The minimum Gasteiger partial charge on any atom is -0.372 e. The van der Waals surface area contributed by atoms with Crippen LogP contribution < -0.4 is 4.90 Å². The molecule has 0 bridgehead atoms. The first-order valence-electron chi connectivity index (χ1n) is 9.18. The highest BCUT2D eigenvalue weighted by Crippen LogP contribution is 2.16. The largest absolute Gasteiger partial charge is 0.372 e. The lowest BCUT2D eigenvalue weighted by Crippen LogP contribution is -2.25. The molecule has 120 valence electrons. The van der Waals surface area contributed by atoms with Crippen molar-refractivity contribution >= 4 is 5.69 Å². The van der Waals surface area contributed by atoms with Crippen molar-refractivity contribution in [3.05, 3.63) is 30.3 Å². The maximum absolute atomic E-state index is 2.57. The molecule has 0 N–H and O–H groups in total. The van der Waals surface area contributed by atoms with Gasteiger partial charge in [0.25, 0.3) is 0 Å². The Hall–Kier alpha value is -0.980. The molecule has 0 heterocycles. The number of nitrogens with zero attached hydrogens (tertiary/aromatic N) is 1. The van der Waals surface area contributed by atoms with Crippen LogP contribution in [0.5, 0.6) is 0 Å². The summed E-state index contributed by atoms with van der Waals surface area (Å²) < 4.78 is 0. The minimum atomic E-state index is 1.21. The SMILES string of the molecule is CCCCCCCCCCN(CCCC)c1ccccc1. The number of anilines is 1. The van der Waals surface area contributed by atoms with Gasteiger partial charge in [-0.05, 0) is 25.0 Å². The molecule has 0 spiro atoms. The standard InChI is InChI=1S/C20H35N/c1-3-5-7-8-9-10-11-15-19-21(18-6-4-2)20-16-13-12-14-17-20/h12-14,16-17H,3-11,15,18-19H2,1-2H3. The van der Waals surface area contributed by atoms with E-state index in [1.54, 1.807) is 0 Å². The van der Waals surface area contributed by atoms with Crippen LogP contribution in [0.3, 0.4) is 0 Å². The van der Waals surface area contributed by atoms with Crippen LogP contribution in [0.25, 0.3) is 0 Å². The molecule has 0 aromatic heterocycles. The normalized spacial score (nSPS) is 10.8. The second-order valence-corrected chi connectivity index (χ2v) is 6.15.